The van der Waals surface area contributed by atoms with Crippen LogP contribution in [0.25, 0.3) is 0 Å². The Morgan fingerprint density at radius 1 is 0.897 bits per heavy atom. The molecule has 2 aromatic carbocycles. The van der Waals surface area contributed by atoms with Crippen LogP contribution in [0, 0.1) is 17.8 Å². The molecule has 6 rings (SSSR count). The van der Waals surface area contributed by atoms with Crippen LogP contribution in [0.2, 0.25) is 0 Å². The number of carbonyl (C=O) groups excluding carboxylic acids is 1. The molecule has 0 spiro atoms. The topological polar surface area (TPSA) is 149 Å². The number of hydrogen-bond acceptors (Lipinski definition) is 12. The van der Waals surface area contributed by atoms with Crippen molar-refractivity contribution < 1.29 is 48.6 Å². The van der Waals surface area contributed by atoms with Gasteiger partial charge in [-0.3, -0.25) is 4.79 Å². The van der Waals surface area contributed by atoms with E-state index in [-0.39, 0.29) is 69.8 Å². The summed E-state index contributed by atoms with van der Waals surface area (Å²) in [6.07, 6.45) is 24.0. The Labute approximate surface area is 411 Å². The third-order valence-corrected chi connectivity index (χ3v) is 15.0. The number of unbranched alkanes of at least 4 members (excludes halogenated alkanes) is 10. The molecule has 1 saturated heterocycles. The minimum absolute atomic E-state index is 0.00481. The van der Waals surface area contributed by atoms with Crippen LogP contribution in [-0.2, 0) is 23.8 Å². The van der Waals surface area contributed by atoms with Gasteiger partial charge in [0.15, 0.2) is 0 Å². The summed E-state index contributed by atoms with van der Waals surface area (Å²) < 4.78 is 33.2. The fourth-order valence-electron chi connectivity index (χ4n) is 10.9. The SMILES string of the molecule is C=CCO[C@@]12Oc3ccc(Oc4ccc(SC)cc4)cc3[C@H]3[C@H](CCCCO)[C@@H](CCCCO)C=C(C(=NOC4CCCCO4)C[C@@H]1N(CCOCCO)C(=O)CCCCCCCCCCC)[C@H]32. The highest BCUT2D eigenvalue weighted by Crippen LogP contribution is 2.62. The number of allylic oxidation sites excluding steroid dienone is 1. The fourth-order valence-corrected chi connectivity index (χ4v) is 11.3. The van der Waals surface area contributed by atoms with Crippen molar-refractivity contribution in [2.75, 3.05) is 59.0 Å². The molecule has 2 fully saturated rings. The van der Waals surface area contributed by atoms with Crippen molar-refractivity contribution >= 4 is 23.4 Å². The molecule has 2 heterocycles. The minimum atomic E-state index is -1.38. The number of carbonyl (C=O) groups is 1. The van der Waals surface area contributed by atoms with Crippen LogP contribution in [0.4, 0.5) is 0 Å². The zero-order chi connectivity index (χ0) is 48.0. The van der Waals surface area contributed by atoms with E-state index in [0.29, 0.717) is 43.8 Å². The second-order valence-corrected chi connectivity index (χ2v) is 19.8. The summed E-state index contributed by atoms with van der Waals surface area (Å²) in [7, 11) is 0. The lowest BCUT2D eigenvalue weighted by atomic mass is 9.55. The van der Waals surface area contributed by atoms with Crippen LogP contribution in [0.15, 0.2) is 76.8 Å². The Kier molecular flexibility index (Phi) is 23.0. The summed E-state index contributed by atoms with van der Waals surface area (Å²) in [6.45, 7) is 7.86. The fraction of sp³-hybridized carbons (Fsp3) is 0.673. The molecule has 2 aliphatic carbocycles. The number of ether oxygens (including phenoxy) is 5. The largest absolute Gasteiger partial charge is 0.459 e. The van der Waals surface area contributed by atoms with E-state index in [9.17, 15) is 15.3 Å². The van der Waals surface area contributed by atoms with Gasteiger partial charge >= 0.3 is 0 Å². The van der Waals surface area contributed by atoms with E-state index in [2.05, 4.69) is 44.0 Å². The van der Waals surface area contributed by atoms with Crippen LogP contribution >= 0.6 is 11.8 Å². The molecule has 0 bridgehead atoms. The Morgan fingerprint density at radius 2 is 1.63 bits per heavy atom. The van der Waals surface area contributed by atoms with Crippen molar-refractivity contribution in [1.29, 1.82) is 0 Å². The average Bonchev–Trinajstić information content (AvgIpc) is 3.36. The molecular weight excluding hydrogens is 881 g/mol. The van der Waals surface area contributed by atoms with Gasteiger partial charge in [-0.1, -0.05) is 88.4 Å². The number of fused-ring (bicyclic) bond motifs is 2. The molecule has 13 heteroatoms. The van der Waals surface area contributed by atoms with Gasteiger partial charge in [-0.25, -0.2) is 0 Å². The first-order valence-electron chi connectivity index (χ1n) is 26.1. The van der Waals surface area contributed by atoms with E-state index in [1.807, 2.05) is 29.2 Å². The van der Waals surface area contributed by atoms with Crippen molar-refractivity contribution in [3.8, 4) is 17.2 Å². The summed E-state index contributed by atoms with van der Waals surface area (Å²) in [6, 6.07) is 13.5. The van der Waals surface area contributed by atoms with E-state index >= 15 is 4.79 Å². The van der Waals surface area contributed by atoms with Crippen molar-refractivity contribution in [3.05, 3.63) is 72.3 Å². The normalized spacial score (nSPS) is 24.7. The first-order chi connectivity index (χ1) is 33.4. The summed E-state index contributed by atoms with van der Waals surface area (Å²) >= 11 is 1.68. The summed E-state index contributed by atoms with van der Waals surface area (Å²) in [5, 5.41) is 34.8. The van der Waals surface area contributed by atoms with E-state index in [1.54, 1.807) is 17.8 Å². The van der Waals surface area contributed by atoms with Crippen LogP contribution in [0.3, 0.4) is 0 Å². The molecule has 68 heavy (non-hydrogen) atoms. The molecule has 12 nitrogen and oxygen atoms in total. The molecule has 3 N–H and O–H groups in total. The number of amides is 1. The zero-order valence-electron chi connectivity index (χ0n) is 41.2. The predicted molar refractivity (Wildman–Crippen MR) is 269 cm³/mol. The average molecular weight is 963 g/mol. The van der Waals surface area contributed by atoms with E-state index in [0.717, 1.165) is 91.7 Å². The van der Waals surface area contributed by atoms with Gasteiger partial charge in [-0.2, -0.15) is 0 Å². The lowest BCUT2D eigenvalue weighted by Gasteiger charge is -2.60. The number of thioether (sulfide) groups is 1. The maximum atomic E-state index is 15.0. The first-order valence-corrected chi connectivity index (χ1v) is 27.3. The van der Waals surface area contributed by atoms with Gasteiger partial charge in [0.2, 0.25) is 18.0 Å². The van der Waals surface area contributed by atoms with Gasteiger partial charge in [0.05, 0.1) is 44.7 Å². The molecule has 0 aromatic heterocycles. The molecule has 2 aromatic rings. The van der Waals surface area contributed by atoms with Gasteiger partial charge in [-0.15, -0.1) is 18.3 Å². The molecular formula is C55H82N2O10S. The monoisotopic (exact) mass is 963 g/mol. The number of hydrogen-bond donors (Lipinski definition) is 3. The van der Waals surface area contributed by atoms with Gasteiger partial charge in [0.1, 0.15) is 23.3 Å². The lowest BCUT2D eigenvalue weighted by molar-refractivity contribution is -0.258. The van der Waals surface area contributed by atoms with Gasteiger partial charge < -0.3 is 48.7 Å². The molecule has 1 unspecified atom stereocenters. The van der Waals surface area contributed by atoms with Crippen molar-refractivity contribution in [2.24, 2.45) is 22.9 Å². The molecule has 7 atom stereocenters. The summed E-state index contributed by atoms with van der Waals surface area (Å²) in [4.78, 5) is 24.4. The number of nitrogens with zero attached hydrogens (tertiary/aromatic N) is 2. The summed E-state index contributed by atoms with van der Waals surface area (Å²) in [5.74, 6) is 0.212. The number of oxime groups is 1. The van der Waals surface area contributed by atoms with Crippen LogP contribution in [0.1, 0.15) is 147 Å². The Morgan fingerprint density at radius 3 is 2.32 bits per heavy atom. The number of rotatable bonds is 32. The molecule has 0 radical (unpaired) electrons. The van der Waals surface area contributed by atoms with E-state index in [4.69, 9.17) is 33.7 Å². The molecule has 378 valence electrons. The molecule has 1 amide bonds. The van der Waals surface area contributed by atoms with Gasteiger partial charge in [0.25, 0.3) is 0 Å². The second kappa shape index (κ2) is 29.0. The van der Waals surface area contributed by atoms with Crippen molar-refractivity contribution in [2.45, 2.75) is 164 Å². The zero-order valence-corrected chi connectivity index (χ0v) is 42.0. The van der Waals surface area contributed by atoms with Crippen LogP contribution in [0.5, 0.6) is 17.2 Å². The maximum absolute atomic E-state index is 15.0. The van der Waals surface area contributed by atoms with Gasteiger partial charge in [0, 0.05) is 55.4 Å². The first kappa shape index (κ1) is 53.9. The lowest BCUT2D eigenvalue weighted by Crippen LogP contribution is -2.70. The third-order valence-electron chi connectivity index (χ3n) is 14.3. The number of benzene rings is 2. The third kappa shape index (κ3) is 14.6. The maximum Gasteiger partial charge on any atom is 0.239 e. The van der Waals surface area contributed by atoms with Crippen LogP contribution in [-0.4, -0.2) is 109 Å². The van der Waals surface area contributed by atoms with E-state index in [1.165, 1.54) is 38.5 Å². The summed E-state index contributed by atoms with van der Waals surface area (Å²) in [5.41, 5.74) is 2.71. The van der Waals surface area contributed by atoms with Crippen LogP contribution < -0.4 is 9.47 Å². The van der Waals surface area contributed by atoms with Gasteiger partial charge in [-0.05, 0) is 111 Å². The van der Waals surface area contributed by atoms with E-state index < -0.39 is 24.0 Å². The van der Waals surface area contributed by atoms with Crippen molar-refractivity contribution in [3.63, 3.8) is 0 Å². The predicted octanol–water partition coefficient (Wildman–Crippen LogP) is 11.1. The second-order valence-electron chi connectivity index (χ2n) is 19.0. The minimum Gasteiger partial charge on any atom is -0.459 e. The quantitative estimate of drug-likeness (QED) is 0.0278. The Balaban J connectivity index is 1.48. The number of aliphatic hydroxyl groups excluding tert-OH is 3. The smallest absolute Gasteiger partial charge is 0.239 e. The highest BCUT2D eigenvalue weighted by atomic mass is 32.2. The number of aliphatic hydroxyl groups is 3. The molecule has 2 aliphatic heterocycles. The standard InChI is InChI=1S/C55H82N2O10S/c1-4-6-7-8-9-10-11-12-13-22-51(61)57(30-36-62-37-33-60)50-40-48(56-67-52-23-16-19-35-63-52)46-38-41(20-14-17-31-58)45(21-15-18-32-59)53-47-39-43(65-42-24-27-44(68-3)28-25-42)26-29-49(47)66-55(50,54(46)53)64-34-5-2/h5,24-29,38-39,41,45,50,52-54,58-60H,2,4,6-23,30-37,40H2,1,3H3/t41-,45+,50-,52?,53+,54+,55+/m0/s1. The Hall–Kier alpha value is -3.43. The molecule has 1 saturated carbocycles. The van der Waals surface area contributed by atoms with Crippen molar-refractivity contribution in [1.82, 2.24) is 4.90 Å². The highest BCUT2D eigenvalue weighted by molar-refractivity contribution is 7.98. The Bertz CT molecular complexity index is 1870. The molecule has 4 aliphatic rings. The highest BCUT2D eigenvalue weighted by Gasteiger charge is 2.65.